The summed E-state index contributed by atoms with van der Waals surface area (Å²) in [5.41, 5.74) is 1.37. The average molecular weight is 407 g/mol. The molecule has 0 fully saturated rings. The normalized spacial score (nSPS) is 14.0. The van der Waals surface area contributed by atoms with Crippen molar-refractivity contribution in [3.63, 3.8) is 0 Å². The summed E-state index contributed by atoms with van der Waals surface area (Å²) in [4.78, 5) is 12.1. The van der Waals surface area contributed by atoms with Gasteiger partial charge in [0.05, 0.1) is 30.4 Å². The molecule has 6 nitrogen and oxygen atoms in total. The first-order valence-corrected chi connectivity index (χ1v) is 9.91. The van der Waals surface area contributed by atoms with Crippen LogP contribution in [0.5, 0.6) is 11.5 Å². The molecular weight excluding hydrogens is 387 g/mol. The Morgan fingerprint density at radius 1 is 1.17 bits per heavy atom. The predicted molar refractivity (Wildman–Crippen MR) is 89.7 cm³/mol. The predicted octanol–water partition coefficient (Wildman–Crippen LogP) is 4.19. The number of carbonyl (C=O) groups is 1. The van der Waals surface area contributed by atoms with Gasteiger partial charge in [-0.15, -0.1) is 0 Å². The highest BCUT2D eigenvalue weighted by atomic mass is 79.9. The number of methoxy groups -OCH3 is 1. The molecule has 0 saturated heterocycles. The molecule has 23 heavy (non-hydrogen) atoms. The molecule has 1 aromatic carbocycles. The van der Waals surface area contributed by atoms with Gasteiger partial charge in [0.1, 0.15) is 11.5 Å². The molecule has 1 aliphatic rings. The Bertz CT molecular complexity index is 635. The van der Waals surface area contributed by atoms with E-state index in [0.717, 1.165) is 10.0 Å². The fourth-order valence-corrected chi connectivity index (χ4v) is 4.46. The van der Waals surface area contributed by atoms with Gasteiger partial charge in [-0.1, -0.05) is 0 Å². The number of halogens is 1. The van der Waals surface area contributed by atoms with Crippen molar-refractivity contribution in [1.82, 2.24) is 0 Å². The number of hydrogen-bond donors (Lipinski definition) is 0. The molecule has 128 valence electrons. The zero-order valence-corrected chi connectivity index (χ0v) is 15.9. The first kappa shape index (κ1) is 18.5. The van der Waals surface area contributed by atoms with Gasteiger partial charge in [-0.05, 0) is 41.8 Å². The summed E-state index contributed by atoms with van der Waals surface area (Å²) in [6.07, 6.45) is 0.794. The van der Waals surface area contributed by atoms with Crippen LogP contribution < -0.4 is 9.47 Å². The fraction of sp³-hybridized carbons (Fsp3) is 0.533. The van der Waals surface area contributed by atoms with Crippen LogP contribution in [0.3, 0.4) is 0 Å². The topological polar surface area (TPSA) is 71.1 Å². The number of carbonyl (C=O) groups excluding carboxylic acids is 1. The Kier molecular flexibility index (Phi) is 6.26. The van der Waals surface area contributed by atoms with Gasteiger partial charge in [0.15, 0.2) is 12.1 Å². The van der Waals surface area contributed by atoms with Gasteiger partial charge in [0, 0.05) is 12.5 Å². The molecule has 1 aliphatic carbocycles. The molecule has 0 spiro atoms. The molecule has 0 bridgehead atoms. The van der Waals surface area contributed by atoms with E-state index in [1.807, 2.05) is 0 Å². The van der Waals surface area contributed by atoms with Gasteiger partial charge >= 0.3 is 7.60 Å². The van der Waals surface area contributed by atoms with Crippen molar-refractivity contribution >= 4 is 29.3 Å². The molecule has 0 aromatic heterocycles. The summed E-state index contributed by atoms with van der Waals surface area (Å²) < 4.78 is 34.6. The molecule has 0 amide bonds. The average Bonchev–Trinajstić information content (AvgIpc) is 2.90. The van der Waals surface area contributed by atoms with Gasteiger partial charge in [0.2, 0.25) is 0 Å². The van der Waals surface area contributed by atoms with Gasteiger partial charge in [-0.2, -0.15) is 0 Å². The first-order valence-electron chi connectivity index (χ1n) is 7.39. The number of rotatable bonds is 8. The second kappa shape index (κ2) is 7.79. The van der Waals surface area contributed by atoms with Crippen molar-refractivity contribution in [2.45, 2.75) is 26.7 Å². The van der Waals surface area contributed by atoms with Gasteiger partial charge in [-0.25, -0.2) is 0 Å². The van der Waals surface area contributed by atoms with Crippen LogP contribution >= 0.6 is 23.5 Å². The molecule has 8 heteroatoms. The molecular formula is C15H20BrO6P. The van der Waals surface area contributed by atoms with Crippen LogP contribution in [0.2, 0.25) is 0 Å². The number of hydrogen-bond acceptors (Lipinski definition) is 6. The van der Waals surface area contributed by atoms with E-state index >= 15 is 0 Å². The fourth-order valence-electron chi connectivity index (χ4n) is 2.48. The summed E-state index contributed by atoms with van der Waals surface area (Å²) in [7, 11) is -1.81. The van der Waals surface area contributed by atoms with E-state index in [2.05, 4.69) is 15.9 Å². The van der Waals surface area contributed by atoms with Gasteiger partial charge in [0.25, 0.3) is 0 Å². The highest BCUT2D eigenvalue weighted by Gasteiger charge is 2.31. The van der Waals surface area contributed by atoms with E-state index in [9.17, 15) is 9.36 Å². The lowest BCUT2D eigenvalue weighted by Gasteiger charge is -2.19. The second-order valence-corrected chi connectivity index (χ2v) is 7.68. The molecule has 0 N–H and O–H groups in total. The molecule has 0 aliphatic heterocycles. The molecule has 0 atom stereocenters. The van der Waals surface area contributed by atoms with Crippen molar-refractivity contribution in [2.75, 3.05) is 26.7 Å². The van der Waals surface area contributed by atoms with Crippen molar-refractivity contribution in [2.24, 2.45) is 0 Å². The van der Waals surface area contributed by atoms with Crippen LogP contribution in [0.4, 0.5) is 0 Å². The number of fused-ring (bicyclic) bond motifs is 1. The highest BCUT2D eigenvalue weighted by Crippen LogP contribution is 2.49. The van der Waals surface area contributed by atoms with Gasteiger partial charge in [-0.3, -0.25) is 9.36 Å². The van der Waals surface area contributed by atoms with Crippen LogP contribution in [-0.2, 0) is 20.0 Å². The molecule has 2 rings (SSSR count). The Morgan fingerprint density at radius 2 is 1.83 bits per heavy atom. The van der Waals surface area contributed by atoms with Crippen LogP contribution in [0.15, 0.2) is 10.5 Å². The SMILES string of the molecule is CCOP(=O)(COc1cc(OC)c(Br)c2c1C(=O)CC2)OCC. The zero-order chi connectivity index (χ0) is 17.0. The van der Waals surface area contributed by atoms with E-state index in [-0.39, 0.29) is 25.3 Å². The van der Waals surface area contributed by atoms with E-state index in [1.165, 1.54) is 0 Å². The standard InChI is InChI=1S/C15H20BrO6P/c1-4-21-23(18,22-5-2)9-20-12-8-13(19-3)15(16)10-6-7-11(17)14(10)12/h8H,4-7,9H2,1-3H3. The minimum atomic E-state index is -3.35. The molecule has 0 radical (unpaired) electrons. The van der Waals surface area contributed by atoms with Gasteiger partial charge < -0.3 is 18.5 Å². The summed E-state index contributed by atoms with van der Waals surface area (Å²) in [6.45, 7) is 3.97. The highest BCUT2D eigenvalue weighted by molar-refractivity contribution is 9.10. The van der Waals surface area contributed by atoms with E-state index < -0.39 is 7.60 Å². The minimum absolute atomic E-state index is 0.000931. The first-order chi connectivity index (χ1) is 11.0. The molecule has 0 unspecified atom stereocenters. The summed E-state index contributed by atoms with van der Waals surface area (Å²) >= 11 is 3.46. The smallest absolute Gasteiger partial charge is 0.367 e. The lowest BCUT2D eigenvalue weighted by Crippen LogP contribution is -2.08. The monoisotopic (exact) mass is 406 g/mol. The third-order valence-corrected chi connectivity index (χ3v) is 6.04. The Labute approximate surface area is 144 Å². The molecule has 0 heterocycles. The van der Waals surface area contributed by atoms with Crippen molar-refractivity contribution in [3.8, 4) is 11.5 Å². The number of ketones is 1. The number of Topliss-reactive ketones (excluding diaryl/α,β-unsaturated/α-hetero) is 1. The Balaban J connectivity index is 2.31. The Hall–Kier alpha value is -0.880. The Morgan fingerprint density at radius 3 is 2.39 bits per heavy atom. The summed E-state index contributed by atoms with van der Waals surface area (Å²) in [5.74, 6) is 0.916. The van der Waals surface area contributed by atoms with E-state index in [0.29, 0.717) is 29.9 Å². The lowest BCUT2D eigenvalue weighted by atomic mass is 10.1. The van der Waals surface area contributed by atoms with Crippen LogP contribution in [-0.4, -0.2) is 32.5 Å². The van der Waals surface area contributed by atoms with Crippen molar-refractivity contribution < 1.29 is 27.9 Å². The number of ether oxygens (including phenoxy) is 2. The van der Waals surface area contributed by atoms with E-state index in [4.69, 9.17) is 18.5 Å². The quantitative estimate of drug-likeness (QED) is 0.602. The van der Waals surface area contributed by atoms with Crippen LogP contribution in [0.25, 0.3) is 0 Å². The maximum atomic E-state index is 12.5. The van der Waals surface area contributed by atoms with Crippen molar-refractivity contribution in [3.05, 3.63) is 21.7 Å². The van der Waals surface area contributed by atoms with Crippen LogP contribution in [0.1, 0.15) is 36.2 Å². The van der Waals surface area contributed by atoms with Crippen molar-refractivity contribution in [1.29, 1.82) is 0 Å². The lowest BCUT2D eigenvalue weighted by molar-refractivity contribution is 0.0990. The zero-order valence-electron chi connectivity index (χ0n) is 13.4. The largest absolute Gasteiger partial charge is 0.495 e. The minimum Gasteiger partial charge on any atom is -0.495 e. The maximum absolute atomic E-state index is 12.5. The second-order valence-electron chi connectivity index (χ2n) is 4.89. The van der Waals surface area contributed by atoms with E-state index in [1.54, 1.807) is 27.0 Å². The van der Waals surface area contributed by atoms with Crippen LogP contribution in [0, 0.1) is 0 Å². The number of benzene rings is 1. The molecule has 1 aromatic rings. The summed E-state index contributed by atoms with van der Waals surface area (Å²) in [6, 6.07) is 1.62. The summed E-state index contributed by atoms with van der Waals surface area (Å²) in [5, 5.41) is 0. The maximum Gasteiger partial charge on any atom is 0.367 e. The third kappa shape index (κ3) is 3.97. The third-order valence-electron chi connectivity index (χ3n) is 3.42. The molecule has 0 saturated carbocycles.